The molecule has 0 heterocycles. The van der Waals surface area contributed by atoms with Crippen LogP contribution in [0.5, 0.6) is 0 Å². The number of hydrogen-bond donors (Lipinski definition) is 1. The molecule has 0 saturated heterocycles. The summed E-state index contributed by atoms with van der Waals surface area (Å²) in [4.78, 5) is 2.28. The molecule has 2 N–H and O–H groups in total. The van der Waals surface area contributed by atoms with Crippen molar-refractivity contribution in [3.63, 3.8) is 0 Å². The number of nitrogens with zero attached hydrogens (tertiary/aromatic N) is 1. The molecule has 72 valence electrons. The molecule has 1 aliphatic carbocycles. The molecule has 2 unspecified atom stereocenters. The maximum Gasteiger partial charge on any atom is 0.0352 e. The maximum atomic E-state index is 6.32. The van der Waals surface area contributed by atoms with E-state index in [9.17, 15) is 0 Å². The van der Waals surface area contributed by atoms with Crippen molar-refractivity contribution in [2.45, 2.75) is 50.6 Å². The number of rotatable bonds is 1. The summed E-state index contributed by atoms with van der Waals surface area (Å²) in [6.45, 7) is 4.47. The zero-order valence-electron chi connectivity index (χ0n) is 8.85. The van der Waals surface area contributed by atoms with Gasteiger partial charge in [-0.1, -0.05) is 12.8 Å². The van der Waals surface area contributed by atoms with Crippen LogP contribution in [-0.2, 0) is 0 Å². The quantitative estimate of drug-likeness (QED) is 0.647. The van der Waals surface area contributed by atoms with Gasteiger partial charge in [0, 0.05) is 11.1 Å². The van der Waals surface area contributed by atoms with Gasteiger partial charge in [-0.3, -0.25) is 0 Å². The Bertz CT molecular complexity index is 163. The van der Waals surface area contributed by atoms with Crippen LogP contribution in [0.4, 0.5) is 0 Å². The lowest BCUT2D eigenvalue weighted by Crippen LogP contribution is -2.65. The van der Waals surface area contributed by atoms with Gasteiger partial charge in [0.15, 0.2) is 0 Å². The van der Waals surface area contributed by atoms with Crippen molar-refractivity contribution in [1.82, 2.24) is 4.90 Å². The van der Waals surface area contributed by atoms with Gasteiger partial charge >= 0.3 is 0 Å². The van der Waals surface area contributed by atoms with E-state index in [1.54, 1.807) is 0 Å². The molecule has 0 radical (unpaired) electrons. The first-order valence-corrected chi connectivity index (χ1v) is 4.86. The fraction of sp³-hybridized carbons (Fsp3) is 1.00. The third kappa shape index (κ3) is 1.38. The number of likely N-dealkylation sites (N-methyl/N-ethyl adjacent to an activating group) is 1. The Morgan fingerprint density at radius 2 is 1.58 bits per heavy atom. The monoisotopic (exact) mass is 170 g/mol. The summed E-state index contributed by atoms with van der Waals surface area (Å²) in [7, 11) is 4.27. The number of hydrogen-bond acceptors (Lipinski definition) is 2. The Morgan fingerprint density at radius 3 is 1.92 bits per heavy atom. The van der Waals surface area contributed by atoms with Crippen molar-refractivity contribution < 1.29 is 0 Å². The second kappa shape index (κ2) is 3.00. The minimum atomic E-state index is -0.0191. The van der Waals surface area contributed by atoms with Crippen LogP contribution in [0.1, 0.15) is 39.5 Å². The van der Waals surface area contributed by atoms with E-state index in [0.717, 1.165) is 6.42 Å². The summed E-state index contributed by atoms with van der Waals surface area (Å²) < 4.78 is 0. The van der Waals surface area contributed by atoms with Gasteiger partial charge in [-0.15, -0.1) is 0 Å². The van der Waals surface area contributed by atoms with Crippen LogP contribution in [0.2, 0.25) is 0 Å². The Morgan fingerprint density at radius 1 is 1.08 bits per heavy atom. The lowest BCUT2D eigenvalue weighted by molar-refractivity contribution is 0.0409. The molecule has 0 bridgehead atoms. The average molecular weight is 170 g/mol. The lowest BCUT2D eigenvalue weighted by atomic mass is 9.69. The van der Waals surface area contributed by atoms with Crippen molar-refractivity contribution in [1.29, 1.82) is 0 Å². The molecule has 1 aliphatic rings. The smallest absolute Gasteiger partial charge is 0.0352 e. The van der Waals surface area contributed by atoms with E-state index < -0.39 is 0 Å². The van der Waals surface area contributed by atoms with E-state index in [2.05, 4.69) is 32.8 Å². The lowest BCUT2D eigenvalue weighted by Gasteiger charge is -2.51. The van der Waals surface area contributed by atoms with Crippen LogP contribution in [0, 0.1) is 0 Å². The molecule has 1 saturated carbocycles. The average Bonchev–Trinajstić information content (AvgIpc) is 1.95. The van der Waals surface area contributed by atoms with Crippen LogP contribution in [-0.4, -0.2) is 30.1 Å². The van der Waals surface area contributed by atoms with Crippen LogP contribution in [0.15, 0.2) is 0 Å². The Labute approximate surface area is 76.1 Å². The molecule has 1 rings (SSSR count). The highest BCUT2D eigenvalue weighted by atomic mass is 15.2. The van der Waals surface area contributed by atoms with E-state index in [1.165, 1.54) is 19.3 Å². The summed E-state index contributed by atoms with van der Waals surface area (Å²) in [6.07, 6.45) is 4.99. The summed E-state index contributed by atoms with van der Waals surface area (Å²) in [5.74, 6) is 0. The largest absolute Gasteiger partial charge is 0.324 e. The zero-order valence-corrected chi connectivity index (χ0v) is 8.85. The molecule has 2 nitrogen and oxygen atoms in total. The van der Waals surface area contributed by atoms with Crippen LogP contribution < -0.4 is 5.73 Å². The van der Waals surface area contributed by atoms with Gasteiger partial charge in [0.1, 0.15) is 0 Å². The third-order valence-corrected chi connectivity index (χ3v) is 3.83. The summed E-state index contributed by atoms with van der Waals surface area (Å²) in [5.41, 5.74) is 6.48. The predicted molar refractivity (Wildman–Crippen MR) is 53.2 cm³/mol. The molecular weight excluding hydrogens is 148 g/mol. The second-order valence-electron chi connectivity index (χ2n) is 4.79. The Balaban J connectivity index is 2.84. The van der Waals surface area contributed by atoms with Crippen molar-refractivity contribution in [2.75, 3.05) is 14.1 Å². The van der Waals surface area contributed by atoms with Crippen LogP contribution in [0.3, 0.4) is 0 Å². The van der Waals surface area contributed by atoms with Crippen molar-refractivity contribution in [3.8, 4) is 0 Å². The standard InChI is InChI=1S/C10H22N2/c1-9(11)7-5-6-8-10(9,2)12(3)4/h5-8,11H2,1-4H3. The van der Waals surface area contributed by atoms with Crippen molar-refractivity contribution in [3.05, 3.63) is 0 Å². The Hall–Kier alpha value is -0.0800. The number of nitrogens with two attached hydrogens (primary N) is 1. The molecule has 2 atom stereocenters. The molecule has 0 aromatic rings. The maximum absolute atomic E-state index is 6.32. The molecule has 12 heavy (non-hydrogen) atoms. The topological polar surface area (TPSA) is 29.3 Å². The molecular formula is C10H22N2. The highest BCUT2D eigenvalue weighted by Crippen LogP contribution is 2.38. The van der Waals surface area contributed by atoms with Gasteiger partial charge in [0.2, 0.25) is 0 Å². The van der Waals surface area contributed by atoms with Gasteiger partial charge in [0.25, 0.3) is 0 Å². The van der Waals surface area contributed by atoms with Gasteiger partial charge in [-0.25, -0.2) is 0 Å². The fourth-order valence-corrected chi connectivity index (χ4v) is 2.25. The summed E-state index contributed by atoms with van der Waals surface area (Å²) in [5, 5.41) is 0. The van der Waals surface area contributed by atoms with E-state index >= 15 is 0 Å². The van der Waals surface area contributed by atoms with E-state index in [4.69, 9.17) is 5.73 Å². The molecule has 0 aromatic heterocycles. The minimum absolute atomic E-state index is 0.0191. The highest BCUT2D eigenvalue weighted by Gasteiger charge is 2.44. The van der Waals surface area contributed by atoms with Gasteiger partial charge in [-0.05, 0) is 40.8 Å². The molecule has 0 aromatic carbocycles. The molecule has 0 spiro atoms. The molecule has 0 aliphatic heterocycles. The van der Waals surface area contributed by atoms with E-state index in [1.807, 2.05) is 0 Å². The highest BCUT2D eigenvalue weighted by molar-refractivity contribution is 5.05. The predicted octanol–water partition coefficient (Wildman–Crippen LogP) is 1.60. The second-order valence-corrected chi connectivity index (χ2v) is 4.79. The normalized spacial score (nSPS) is 43.5. The first-order valence-electron chi connectivity index (χ1n) is 4.86. The summed E-state index contributed by atoms with van der Waals surface area (Å²) >= 11 is 0. The first-order chi connectivity index (χ1) is 5.40. The van der Waals surface area contributed by atoms with Crippen molar-refractivity contribution >= 4 is 0 Å². The van der Waals surface area contributed by atoms with Gasteiger partial charge < -0.3 is 10.6 Å². The van der Waals surface area contributed by atoms with Crippen LogP contribution >= 0.6 is 0 Å². The fourth-order valence-electron chi connectivity index (χ4n) is 2.25. The zero-order chi connectivity index (χ0) is 9.41. The van der Waals surface area contributed by atoms with Crippen LogP contribution in [0.25, 0.3) is 0 Å². The van der Waals surface area contributed by atoms with Gasteiger partial charge in [-0.2, -0.15) is 0 Å². The molecule has 1 fully saturated rings. The SMILES string of the molecule is CN(C)C1(C)CCCCC1(C)N. The first kappa shape index (κ1) is 10.0. The van der Waals surface area contributed by atoms with Gasteiger partial charge in [0.05, 0.1) is 0 Å². The van der Waals surface area contributed by atoms with E-state index in [-0.39, 0.29) is 11.1 Å². The Kier molecular flexibility index (Phi) is 2.50. The summed E-state index contributed by atoms with van der Waals surface area (Å²) in [6, 6.07) is 0. The minimum Gasteiger partial charge on any atom is -0.324 e. The van der Waals surface area contributed by atoms with Crippen molar-refractivity contribution in [2.24, 2.45) is 5.73 Å². The molecule has 2 heteroatoms. The molecule has 0 amide bonds. The third-order valence-electron chi connectivity index (χ3n) is 3.83. The van der Waals surface area contributed by atoms with E-state index in [0.29, 0.717) is 0 Å².